The highest BCUT2D eigenvalue weighted by Gasteiger charge is 2.52. The number of morpholine rings is 1. The Kier molecular flexibility index (Phi) is 5.81. The highest BCUT2D eigenvalue weighted by atomic mass is 16.5. The van der Waals surface area contributed by atoms with E-state index in [2.05, 4.69) is 39.9 Å². The van der Waals surface area contributed by atoms with Crippen LogP contribution < -0.4 is 9.64 Å². The average molecular weight is 524 g/mol. The van der Waals surface area contributed by atoms with E-state index < -0.39 is 5.54 Å². The van der Waals surface area contributed by atoms with Crippen molar-refractivity contribution in [2.24, 2.45) is 0 Å². The van der Waals surface area contributed by atoms with Crippen molar-refractivity contribution >= 4 is 22.6 Å². The smallest absolute Gasteiger partial charge is 0.254 e. The normalized spacial score (nSPS) is 20.1. The standard InChI is InChI=1S/C31H33N5O3/c1-20-19-39-18-17-35(20)29-25-12-16-36(30(37)21-7-9-22(38-2)10-8-21)31(13-4-14-31)27(25)33-28(34-29)24-5-3-6-26-23(24)11-15-32-26/h3,5-11,15,20,32H,4,12-14,16-19H2,1-2H3/t20-/m1/s1. The number of ether oxygens (including phenoxy) is 2. The number of aromatic amines is 1. The lowest BCUT2D eigenvalue weighted by Gasteiger charge is -2.53. The third-order valence-electron chi connectivity index (χ3n) is 8.77. The largest absolute Gasteiger partial charge is 0.497 e. The minimum atomic E-state index is -0.418. The number of H-pyrrole nitrogens is 1. The fourth-order valence-corrected chi connectivity index (χ4v) is 6.54. The molecule has 1 saturated heterocycles. The number of amides is 1. The van der Waals surface area contributed by atoms with Crippen molar-refractivity contribution in [3.05, 3.63) is 71.5 Å². The van der Waals surface area contributed by atoms with Gasteiger partial charge in [0.05, 0.1) is 37.6 Å². The lowest BCUT2D eigenvalue weighted by atomic mass is 9.69. The van der Waals surface area contributed by atoms with Crippen molar-refractivity contribution in [2.75, 3.05) is 38.3 Å². The molecule has 3 aliphatic rings. The first-order valence-electron chi connectivity index (χ1n) is 13.9. The van der Waals surface area contributed by atoms with E-state index in [9.17, 15) is 4.79 Å². The Bertz CT molecular complexity index is 1540. The van der Waals surface area contributed by atoms with Crippen LogP contribution in [0.25, 0.3) is 22.3 Å². The van der Waals surface area contributed by atoms with Gasteiger partial charge in [-0.15, -0.1) is 0 Å². The van der Waals surface area contributed by atoms with Crippen molar-refractivity contribution in [2.45, 2.75) is 44.2 Å². The summed E-state index contributed by atoms with van der Waals surface area (Å²) in [6.45, 7) is 5.00. The molecule has 4 heterocycles. The number of nitrogens with one attached hydrogen (secondary N) is 1. The molecule has 1 amide bonds. The van der Waals surface area contributed by atoms with E-state index >= 15 is 0 Å². The van der Waals surface area contributed by atoms with Crippen molar-refractivity contribution in [3.8, 4) is 17.1 Å². The van der Waals surface area contributed by atoms with Crippen molar-refractivity contribution in [1.29, 1.82) is 0 Å². The van der Waals surface area contributed by atoms with Gasteiger partial charge in [-0.1, -0.05) is 12.1 Å². The van der Waals surface area contributed by atoms with Gasteiger partial charge >= 0.3 is 0 Å². The summed E-state index contributed by atoms with van der Waals surface area (Å²) in [7, 11) is 1.64. The van der Waals surface area contributed by atoms with Crippen LogP contribution in [0.5, 0.6) is 5.75 Å². The lowest BCUT2D eigenvalue weighted by molar-refractivity contribution is 0.00428. The number of rotatable bonds is 4. The van der Waals surface area contributed by atoms with Gasteiger partial charge in [0.25, 0.3) is 5.91 Å². The number of nitrogens with zero attached hydrogens (tertiary/aromatic N) is 4. The number of fused-ring (bicyclic) bond motifs is 3. The molecule has 1 saturated carbocycles. The summed E-state index contributed by atoms with van der Waals surface area (Å²) in [5, 5.41) is 1.10. The number of anilines is 1. The SMILES string of the molecule is COc1ccc(C(=O)N2CCc3c(N4CCOC[C@H]4C)nc(-c4cccc5[nH]ccc45)nc3C23CCC3)cc1. The second-order valence-corrected chi connectivity index (χ2v) is 10.9. The van der Waals surface area contributed by atoms with E-state index in [1.165, 1.54) is 5.56 Å². The second-order valence-electron chi connectivity index (χ2n) is 10.9. The molecule has 1 aliphatic carbocycles. The molecule has 1 spiro atoms. The van der Waals surface area contributed by atoms with E-state index in [0.29, 0.717) is 25.3 Å². The fourth-order valence-electron chi connectivity index (χ4n) is 6.54. The van der Waals surface area contributed by atoms with Gasteiger partial charge in [-0.3, -0.25) is 4.79 Å². The zero-order chi connectivity index (χ0) is 26.6. The maximum atomic E-state index is 14.0. The van der Waals surface area contributed by atoms with E-state index in [4.69, 9.17) is 19.4 Å². The summed E-state index contributed by atoms with van der Waals surface area (Å²) in [6, 6.07) is 16.0. The molecular formula is C31H33N5O3. The summed E-state index contributed by atoms with van der Waals surface area (Å²) < 4.78 is 11.1. The zero-order valence-electron chi connectivity index (χ0n) is 22.4. The van der Waals surface area contributed by atoms with Gasteiger partial charge < -0.3 is 24.3 Å². The number of hydrogen-bond donors (Lipinski definition) is 1. The number of hydrogen-bond acceptors (Lipinski definition) is 6. The summed E-state index contributed by atoms with van der Waals surface area (Å²) in [4.78, 5) is 32.3. The van der Waals surface area contributed by atoms with Crippen LogP contribution in [0.3, 0.4) is 0 Å². The summed E-state index contributed by atoms with van der Waals surface area (Å²) >= 11 is 0. The number of carbonyl (C=O) groups is 1. The number of methoxy groups -OCH3 is 1. The summed E-state index contributed by atoms with van der Waals surface area (Å²) in [5.41, 5.74) is 4.54. The van der Waals surface area contributed by atoms with Crippen LogP contribution in [-0.2, 0) is 16.7 Å². The Morgan fingerprint density at radius 3 is 2.69 bits per heavy atom. The molecule has 7 rings (SSSR count). The molecule has 0 unspecified atom stereocenters. The molecule has 2 aromatic heterocycles. The predicted molar refractivity (Wildman–Crippen MR) is 150 cm³/mol. The first-order chi connectivity index (χ1) is 19.1. The highest BCUT2D eigenvalue weighted by Crippen LogP contribution is 2.51. The van der Waals surface area contributed by atoms with Crippen LogP contribution in [0.15, 0.2) is 54.7 Å². The van der Waals surface area contributed by atoms with Gasteiger partial charge in [0.2, 0.25) is 0 Å². The van der Waals surface area contributed by atoms with Crippen LogP contribution in [0.4, 0.5) is 5.82 Å². The minimum Gasteiger partial charge on any atom is -0.497 e. The van der Waals surface area contributed by atoms with Crippen LogP contribution in [0, 0.1) is 0 Å². The van der Waals surface area contributed by atoms with Crippen molar-refractivity contribution in [3.63, 3.8) is 0 Å². The molecule has 39 heavy (non-hydrogen) atoms. The van der Waals surface area contributed by atoms with Gasteiger partial charge in [-0.25, -0.2) is 9.97 Å². The maximum Gasteiger partial charge on any atom is 0.254 e. The number of aromatic nitrogens is 3. The van der Waals surface area contributed by atoms with Crippen LogP contribution >= 0.6 is 0 Å². The Morgan fingerprint density at radius 1 is 1.10 bits per heavy atom. The van der Waals surface area contributed by atoms with Gasteiger partial charge in [-0.05, 0) is 69.0 Å². The Labute approximate surface area is 228 Å². The average Bonchev–Trinajstić information content (AvgIpc) is 3.44. The molecule has 1 atom stereocenters. The van der Waals surface area contributed by atoms with E-state index in [-0.39, 0.29) is 11.9 Å². The summed E-state index contributed by atoms with van der Waals surface area (Å²) in [5.74, 6) is 2.52. The monoisotopic (exact) mass is 523 g/mol. The predicted octanol–water partition coefficient (Wildman–Crippen LogP) is 4.94. The summed E-state index contributed by atoms with van der Waals surface area (Å²) in [6.07, 6.45) is 5.57. The molecule has 200 valence electrons. The van der Waals surface area contributed by atoms with E-state index in [1.807, 2.05) is 36.5 Å². The molecule has 2 aromatic carbocycles. The second kappa shape index (κ2) is 9.38. The number of carbonyl (C=O) groups excluding carboxylic acids is 1. The molecule has 2 aliphatic heterocycles. The van der Waals surface area contributed by atoms with Crippen LogP contribution in [0.1, 0.15) is 47.8 Å². The molecule has 0 bridgehead atoms. The first kappa shape index (κ1) is 24.2. The molecular weight excluding hydrogens is 490 g/mol. The van der Waals surface area contributed by atoms with Gasteiger partial charge in [-0.2, -0.15) is 0 Å². The van der Waals surface area contributed by atoms with Crippen LogP contribution in [-0.4, -0.2) is 65.2 Å². The minimum absolute atomic E-state index is 0.0530. The number of benzene rings is 2. The molecule has 8 nitrogen and oxygen atoms in total. The van der Waals surface area contributed by atoms with Crippen molar-refractivity contribution in [1.82, 2.24) is 19.9 Å². The Balaban J connectivity index is 1.39. The topological polar surface area (TPSA) is 83.6 Å². The molecule has 0 radical (unpaired) electrons. The van der Waals surface area contributed by atoms with Crippen LogP contribution in [0.2, 0.25) is 0 Å². The molecule has 1 N–H and O–H groups in total. The fraction of sp³-hybridized carbons (Fsp3) is 0.387. The van der Waals surface area contributed by atoms with Gasteiger partial charge in [0.1, 0.15) is 11.6 Å². The molecule has 4 aromatic rings. The van der Waals surface area contributed by atoms with Crippen molar-refractivity contribution < 1.29 is 14.3 Å². The highest BCUT2D eigenvalue weighted by molar-refractivity contribution is 5.96. The quantitative estimate of drug-likeness (QED) is 0.408. The first-order valence-corrected chi connectivity index (χ1v) is 13.9. The maximum absolute atomic E-state index is 14.0. The molecule has 2 fully saturated rings. The van der Waals surface area contributed by atoms with E-state index in [0.717, 1.165) is 71.8 Å². The van der Waals surface area contributed by atoms with Gasteiger partial charge in [0, 0.05) is 46.9 Å². The third-order valence-corrected chi connectivity index (χ3v) is 8.77. The molecule has 8 heteroatoms. The van der Waals surface area contributed by atoms with Gasteiger partial charge in [0.15, 0.2) is 5.82 Å². The van der Waals surface area contributed by atoms with E-state index in [1.54, 1.807) is 7.11 Å². The lowest BCUT2D eigenvalue weighted by Crippen LogP contribution is -2.58. The zero-order valence-corrected chi connectivity index (χ0v) is 22.4. The Hall–Kier alpha value is -3.91. The Morgan fingerprint density at radius 2 is 1.95 bits per heavy atom. The third kappa shape index (κ3) is 3.80.